The number of benzene rings is 2. The van der Waals surface area contributed by atoms with Gasteiger partial charge < -0.3 is 10.6 Å². The number of nitrogens with zero attached hydrogens (tertiary/aromatic N) is 2. The third kappa shape index (κ3) is 4.34. The molecule has 0 unspecified atom stereocenters. The number of aliphatic imine (C=N–C) groups is 1. The largest absolute Gasteiger partial charge is 0.345 e. The van der Waals surface area contributed by atoms with Crippen LogP contribution in [0.25, 0.3) is 0 Å². The molecule has 34 heavy (non-hydrogen) atoms. The number of amides is 3. The van der Waals surface area contributed by atoms with Crippen molar-refractivity contribution in [2.24, 2.45) is 16.3 Å². The zero-order chi connectivity index (χ0) is 24.3. The van der Waals surface area contributed by atoms with Crippen LogP contribution in [-0.4, -0.2) is 25.7 Å². The lowest BCUT2D eigenvalue weighted by Crippen LogP contribution is -2.47. The number of allylic oxidation sites excluding steroid dienone is 2. The van der Waals surface area contributed by atoms with Crippen LogP contribution in [0, 0.1) is 22.7 Å². The molecular formula is C27H30N4O2Si. The van der Waals surface area contributed by atoms with Gasteiger partial charge in [0.1, 0.15) is 0 Å². The van der Waals surface area contributed by atoms with E-state index in [2.05, 4.69) is 41.3 Å². The Hall–Kier alpha value is -3.50. The third-order valence-corrected chi connectivity index (χ3v) is 8.68. The topological polar surface area (TPSA) is 94.3 Å². The highest BCUT2D eigenvalue weighted by atomic mass is 28.3. The lowest BCUT2D eigenvalue weighted by Gasteiger charge is -2.32. The number of nitrogens with one attached hydrogen (secondary N) is 2. The van der Waals surface area contributed by atoms with Crippen LogP contribution < -0.4 is 10.6 Å². The van der Waals surface area contributed by atoms with Crippen molar-refractivity contribution in [2.45, 2.75) is 45.3 Å². The maximum Gasteiger partial charge on any atom is 0.345 e. The first-order chi connectivity index (χ1) is 16.3. The fraction of sp³-hybridized carbons (Fsp3) is 0.333. The number of hydrogen-bond donors (Lipinski definition) is 2. The Morgan fingerprint density at radius 2 is 1.56 bits per heavy atom. The van der Waals surface area contributed by atoms with Crippen LogP contribution in [0.1, 0.15) is 25.7 Å². The van der Waals surface area contributed by atoms with Crippen molar-refractivity contribution < 1.29 is 9.59 Å². The number of para-hydroxylation sites is 2. The Kier molecular flexibility index (Phi) is 6.53. The molecule has 2 N–H and O–H groups in total. The van der Waals surface area contributed by atoms with Crippen molar-refractivity contribution in [3.63, 3.8) is 0 Å². The second-order valence-electron chi connectivity index (χ2n) is 9.95. The molecule has 2 aromatic carbocycles. The van der Waals surface area contributed by atoms with Gasteiger partial charge in [-0.2, -0.15) is 10.3 Å². The van der Waals surface area contributed by atoms with Crippen LogP contribution in [0.3, 0.4) is 0 Å². The quantitative estimate of drug-likeness (QED) is 0.522. The number of hydrogen-bond acceptors (Lipinski definition) is 3. The summed E-state index contributed by atoms with van der Waals surface area (Å²) in [4.78, 5) is 31.5. The minimum absolute atomic E-state index is 0.264. The summed E-state index contributed by atoms with van der Waals surface area (Å²) < 4.78 is 0. The van der Waals surface area contributed by atoms with Crippen LogP contribution >= 0.6 is 0 Å². The molecule has 0 aromatic heterocycles. The van der Waals surface area contributed by atoms with Crippen molar-refractivity contribution in [1.29, 1.82) is 5.26 Å². The highest BCUT2D eigenvalue weighted by Crippen LogP contribution is 2.53. The normalized spacial score (nSPS) is 23.2. The second-order valence-corrected chi connectivity index (χ2v) is 14.9. The SMILES string of the molecule is C[Si](C)(C)C1=C2CCCC[C@@H]2[C@@](C#N)(C(=O)Nc2ccccc2)/C1=N\C(=O)Nc1ccccc1. The molecule has 1 fully saturated rings. The predicted molar refractivity (Wildman–Crippen MR) is 138 cm³/mol. The lowest BCUT2D eigenvalue weighted by molar-refractivity contribution is -0.121. The van der Waals surface area contributed by atoms with Crippen molar-refractivity contribution in [3.8, 4) is 6.07 Å². The molecule has 2 aromatic rings. The number of fused-ring (bicyclic) bond motifs is 1. The molecule has 0 radical (unpaired) electrons. The van der Waals surface area contributed by atoms with Gasteiger partial charge in [-0.25, -0.2) is 4.79 Å². The van der Waals surface area contributed by atoms with Gasteiger partial charge in [0, 0.05) is 17.3 Å². The highest BCUT2D eigenvalue weighted by molar-refractivity contribution is 6.88. The van der Waals surface area contributed by atoms with Crippen molar-refractivity contribution in [2.75, 3.05) is 10.6 Å². The molecule has 0 spiro atoms. The molecular weight excluding hydrogens is 440 g/mol. The van der Waals surface area contributed by atoms with Gasteiger partial charge in [0.25, 0.3) is 5.91 Å². The van der Waals surface area contributed by atoms with Gasteiger partial charge in [-0.15, -0.1) is 0 Å². The molecule has 3 amide bonds. The van der Waals surface area contributed by atoms with E-state index in [9.17, 15) is 14.9 Å². The average molecular weight is 471 g/mol. The molecule has 2 aliphatic rings. The van der Waals surface area contributed by atoms with Crippen molar-refractivity contribution >= 4 is 37.1 Å². The molecule has 0 bridgehead atoms. The first-order valence-electron chi connectivity index (χ1n) is 11.7. The van der Waals surface area contributed by atoms with Gasteiger partial charge >= 0.3 is 6.03 Å². The lowest BCUT2D eigenvalue weighted by atomic mass is 9.69. The Morgan fingerprint density at radius 3 is 2.12 bits per heavy atom. The minimum Gasteiger partial charge on any atom is -0.324 e. The maximum absolute atomic E-state index is 13.9. The average Bonchev–Trinajstić information content (AvgIpc) is 3.10. The molecule has 0 saturated heterocycles. The summed E-state index contributed by atoms with van der Waals surface area (Å²) in [6.07, 6.45) is 3.54. The first-order valence-corrected chi connectivity index (χ1v) is 15.2. The Balaban J connectivity index is 1.84. The zero-order valence-corrected chi connectivity index (χ0v) is 20.9. The van der Waals surface area contributed by atoms with E-state index in [-0.39, 0.29) is 5.92 Å². The molecule has 0 heterocycles. The second kappa shape index (κ2) is 9.39. The summed E-state index contributed by atoms with van der Waals surface area (Å²) in [5.74, 6) is -0.676. The Labute approximate surface area is 201 Å². The fourth-order valence-electron chi connectivity index (χ4n) is 5.26. The number of nitriles is 1. The molecule has 1 saturated carbocycles. The fourth-order valence-corrected chi connectivity index (χ4v) is 7.48. The van der Waals surface area contributed by atoms with E-state index in [1.807, 2.05) is 36.4 Å². The molecule has 4 rings (SSSR count). The molecule has 174 valence electrons. The van der Waals surface area contributed by atoms with Gasteiger partial charge in [0.15, 0.2) is 5.41 Å². The molecule has 2 atom stereocenters. The van der Waals surface area contributed by atoms with Gasteiger partial charge in [-0.3, -0.25) is 4.79 Å². The Bertz CT molecular complexity index is 1190. The van der Waals surface area contributed by atoms with E-state index in [1.165, 1.54) is 0 Å². The van der Waals surface area contributed by atoms with E-state index in [1.54, 1.807) is 24.3 Å². The number of rotatable bonds is 4. The van der Waals surface area contributed by atoms with E-state index in [0.717, 1.165) is 36.5 Å². The first kappa shape index (κ1) is 23.6. The van der Waals surface area contributed by atoms with E-state index in [0.29, 0.717) is 17.1 Å². The highest BCUT2D eigenvalue weighted by Gasteiger charge is 2.60. The van der Waals surface area contributed by atoms with Crippen LogP contribution in [-0.2, 0) is 4.79 Å². The number of urea groups is 1. The van der Waals surface area contributed by atoms with Gasteiger partial charge in [0.2, 0.25) is 0 Å². The van der Waals surface area contributed by atoms with Crippen LogP contribution in [0.5, 0.6) is 0 Å². The van der Waals surface area contributed by atoms with E-state index in [4.69, 9.17) is 0 Å². The summed E-state index contributed by atoms with van der Waals surface area (Å²) in [7, 11) is -2.06. The smallest absolute Gasteiger partial charge is 0.324 e. The number of carbonyl (C=O) groups excluding carboxylic acids is 2. The van der Waals surface area contributed by atoms with Crippen LogP contribution in [0.4, 0.5) is 16.2 Å². The third-order valence-electron chi connectivity index (χ3n) is 6.62. The standard InChI is InChI=1S/C27H30N4O2Si/c1-34(2,3)23-21-16-10-11-17-22(21)27(18-28,25(32)29-19-12-6-4-7-13-19)24(23)31-26(33)30-20-14-8-5-9-15-20/h4-9,12-15,22H,10-11,16-17H2,1-3H3,(H,29,32)(H,30,33)/b31-24-/t22-,27+/m0/s1. The van der Waals surface area contributed by atoms with Gasteiger partial charge in [0.05, 0.1) is 19.9 Å². The zero-order valence-electron chi connectivity index (χ0n) is 19.9. The van der Waals surface area contributed by atoms with E-state index < -0.39 is 25.4 Å². The summed E-state index contributed by atoms with van der Waals surface area (Å²) in [5.41, 5.74) is 1.20. The summed E-state index contributed by atoms with van der Waals surface area (Å²) >= 11 is 0. The Morgan fingerprint density at radius 1 is 0.971 bits per heavy atom. The van der Waals surface area contributed by atoms with Crippen LogP contribution in [0.2, 0.25) is 19.6 Å². The number of carbonyl (C=O) groups is 2. The van der Waals surface area contributed by atoms with Crippen molar-refractivity contribution in [1.82, 2.24) is 0 Å². The minimum atomic E-state index is -2.06. The summed E-state index contributed by atoms with van der Waals surface area (Å²) in [6.45, 7) is 6.57. The van der Waals surface area contributed by atoms with E-state index >= 15 is 0 Å². The van der Waals surface area contributed by atoms with Gasteiger partial charge in [-0.1, -0.05) is 68.0 Å². The molecule has 6 nitrogen and oxygen atoms in total. The molecule has 2 aliphatic carbocycles. The molecule has 0 aliphatic heterocycles. The molecule has 7 heteroatoms. The van der Waals surface area contributed by atoms with Crippen molar-refractivity contribution in [3.05, 3.63) is 71.4 Å². The summed E-state index contributed by atoms with van der Waals surface area (Å²) in [6, 6.07) is 20.0. The van der Waals surface area contributed by atoms with Gasteiger partial charge in [-0.05, 0) is 48.7 Å². The summed E-state index contributed by atoms with van der Waals surface area (Å²) in [5, 5.41) is 17.4. The maximum atomic E-state index is 13.9. The monoisotopic (exact) mass is 470 g/mol. The number of anilines is 2. The van der Waals surface area contributed by atoms with Crippen LogP contribution in [0.15, 0.2) is 76.4 Å². The predicted octanol–water partition coefficient (Wildman–Crippen LogP) is 6.19.